The molecule has 3 amide bonds. The Bertz CT molecular complexity index is 3240. The molecule has 3 fully saturated rings. The maximum absolute atomic E-state index is 13.7. The third-order valence-corrected chi connectivity index (χ3v) is 16.6. The average Bonchev–Trinajstić information content (AvgIpc) is 3.97. The first-order valence-corrected chi connectivity index (χ1v) is 26.6. The van der Waals surface area contributed by atoms with Gasteiger partial charge in [-0.25, -0.2) is 14.8 Å². The molecule has 15 nitrogen and oxygen atoms in total. The largest absolute Gasteiger partial charge is 0.490 e. The van der Waals surface area contributed by atoms with Crippen LogP contribution >= 0.6 is 11.3 Å². The van der Waals surface area contributed by atoms with Gasteiger partial charge in [0.25, 0.3) is 5.91 Å². The number of nitrogens with one attached hydrogen (secondary N) is 2. The van der Waals surface area contributed by atoms with Gasteiger partial charge >= 0.3 is 5.97 Å². The number of amides is 3. The molecule has 3 N–H and O–H groups in total. The van der Waals surface area contributed by atoms with Crippen LogP contribution in [0.1, 0.15) is 107 Å². The fourth-order valence-electron chi connectivity index (χ4n) is 11.8. The van der Waals surface area contributed by atoms with Crippen LogP contribution in [0.2, 0.25) is 0 Å². The van der Waals surface area contributed by atoms with Crippen molar-refractivity contribution in [2.45, 2.75) is 96.2 Å². The molecule has 4 aromatic carbocycles. The zero-order chi connectivity index (χ0) is 50.3. The zero-order valence-corrected chi connectivity index (χ0v) is 42.4. The third kappa shape index (κ3) is 9.77. The number of piperidine rings is 1. The van der Waals surface area contributed by atoms with Crippen LogP contribution in [0, 0.1) is 12.8 Å². The second-order valence-electron chi connectivity index (χ2n) is 20.3. The number of benzene rings is 4. The first-order valence-electron chi connectivity index (χ1n) is 25.8. The lowest BCUT2D eigenvalue weighted by molar-refractivity contribution is -0.134. The van der Waals surface area contributed by atoms with E-state index in [0.29, 0.717) is 66.4 Å². The van der Waals surface area contributed by atoms with Crippen LogP contribution in [-0.2, 0) is 29.6 Å². The number of hydrogen-bond donors (Lipinski definition) is 3. The number of ether oxygens (including phenoxy) is 1. The number of rotatable bonds is 13. The van der Waals surface area contributed by atoms with Gasteiger partial charge in [0.1, 0.15) is 11.6 Å². The SMILES string of the molecule is Cc1c(O[C@H]2CC[C@H](CCCN3CCN(c4cccc5c(C6CCC(=O)NC6=O)nn(C)c45)[C@@H](C)C3)CC2)cccc1-c1ccc(N2CCc3cccc(C(=O)Nc4nc5ccccc5s4)c3C2)nc1C(=O)O. The molecule has 0 spiro atoms. The lowest BCUT2D eigenvalue weighted by Gasteiger charge is -2.41. The highest BCUT2D eigenvalue weighted by molar-refractivity contribution is 7.22. The van der Waals surface area contributed by atoms with Crippen molar-refractivity contribution in [2.75, 3.05) is 47.8 Å². The molecule has 0 bridgehead atoms. The van der Waals surface area contributed by atoms with Crippen molar-refractivity contribution in [1.29, 1.82) is 0 Å². The predicted octanol–water partition coefficient (Wildman–Crippen LogP) is 9.52. The molecule has 0 radical (unpaired) electrons. The van der Waals surface area contributed by atoms with Gasteiger partial charge in [0.05, 0.1) is 39.1 Å². The normalized spacial score (nSPS) is 20.5. The number of thiazole rings is 1. The van der Waals surface area contributed by atoms with E-state index in [2.05, 4.69) is 44.5 Å². The standard InChI is InChI=1S/C57H61N9O6S/c1-34-32-64(30-31-66(34)46-16-7-14-42-51(62-63(3)53(42)46)43-24-26-50(67)60-55(43)69)28-9-10-36-19-21-38(22-20-36)72-47-17-8-12-39(35(47)2)40-23-25-49(59-52(40)56(70)71)65-29-27-37-11-6-13-41(44(37)33-65)54(68)61-57-58-45-15-4-5-18-48(45)73-57/h4-8,11-18,23,25,34,36,38,43H,9-10,19-22,24,26-33H2,1-3H3,(H,70,71)(H,58,61,68)(H,60,67,69)/t34-,36-,38-,43?/m0/s1. The quantitative estimate of drug-likeness (QED) is 0.0935. The second-order valence-corrected chi connectivity index (χ2v) is 21.3. The van der Waals surface area contributed by atoms with Crippen LogP contribution in [0.15, 0.2) is 91.0 Å². The molecule has 11 rings (SSSR count). The van der Waals surface area contributed by atoms with Gasteiger partial charge in [0.2, 0.25) is 11.8 Å². The number of carbonyl (C=O) groups excluding carboxylic acids is 3. The van der Waals surface area contributed by atoms with Crippen LogP contribution < -0.4 is 25.2 Å². The summed E-state index contributed by atoms with van der Waals surface area (Å²) in [5.41, 5.74) is 8.49. The van der Waals surface area contributed by atoms with Gasteiger partial charge < -0.3 is 19.6 Å². The van der Waals surface area contributed by atoms with Crippen molar-refractivity contribution < 1.29 is 29.0 Å². The minimum absolute atomic E-state index is 0.0216. The number of imide groups is 1. The Balaban J connectivity index is 0.678. The van der Waals surface area contributed by atoms with Gasteiger partial charge in [-0.1, -0.05) is 59.9 Å². The van der Waals surface area contributed by atoms with Crippen LogP contribution in [-0.4, -0.2) is 98.3 Å². The number of aromatic nitrogens is 4. The first kappa shape index (κ1) is 48.1. The first-order chi connectivity index (χ1) is 35.4. The molecule has 3 aliphatic heterocycles. The summed E-state index contributed by atoms with van der Waals surface area (Å²) in [6.45, 7) is 9.28. The van der Waals surface area contributed by atoms with E-state index in [1.165, 1.54) is 17.8 Å². The van der Waals surface area contributed by atoms with E-state index in [0.717, 1.165) is 119 Å². The van der Waals surface area contributed by atoms with E-state index in [1.54, 1.807) is 0 Å². The highest BCUT2D eigenvalue weighted by atomic mass is 32.1. The number of para-hydroxylation sites is 2. The lowest BCUT2D eigenvalue weighted by Crippen LogP contribution is -2.52. The fraction of sp³-hybridized carbons (Fsp3) is 0.386. The number of piperazine rings is 1. The second kappa shape index (κ2) is 20.4. The fourth-order valence-corrected chi connectivity index (χ4v) is 12.7. The molecular weight excluding hydrogens is 939 g/mol. The Labute approximate surface area is 428 Å². The molecule has 3 aromatic heterocycles. The van der Waals surface area contributed by atoms with Gasteiger partial charge in [-0.05, 0) is 142 Å². The van der Waals surface area contributed by atoms with E-state index < -0.39 is 11.9 Å². The number of hydrogen-bond acceptors (Lipinski definition) is 12. The minimum Gasteiger partial charge on any atom is -0.490 e. The molecule has 4 aliphatic rings. The van der Waals surface area contributed by atoms with Crippen molar-refractivity contribution in [3.05, 3.63) is 125 Å². The summed E-state index contributed by atoms with van der Waals surface area (Å²) < 4.78 is 9.61. The number of nitrogens with zero attached hydrogens (tertiary/aromatic N) is 7. The summed E-state index contributed by atoms with van der Waals surface area (Å²) in [6, 6.07) is 29.8. The van der Waals surface area contributed by atoms with Crippen LogP contribution in [0.4, 0.5) is 16.6 Å². The molecule has 2 saturated heterocycles. The zero-order valence-electron chi connectivity index (χ0n) is 41.6. The van der Waals surface area contributed by atoms with Crippen LogP contribution in [0.25, 0.3) is 32.2 Å². The maximum Gasteiger partial charge on any atom is 0.355 e. The summed E-state index contributed by atoms with van der Waals surface area (Å²) in [5.74, 6) is -0.257. The van der Waals surface area contributed by atoms with Gasteiger partial charge in [0, 0.05) is 68.7 Å². The third-order valence-electron chi connectivity index (χ3n) is 15.6. The monoisotopic (exact) mass is 999 g/mol. The molecule has 1 saturated carbocycles. The van der Waals surface area contributed by atoms with Gasteiger partial charge in [0.15, 0.2) is 10.8 Å². The summed E-state index contributed by atoms with van der Waals surface area (Å²) >= 11 is 1.44. The smallest absolute Gasteiger partial charge is 0.355 e. The van der Waals surface area contributed by atoms with E-state index in [-0.39, 0.29) is 29.5 Å². The Morgan fingerprint density at radius 1 is 0.877 bits per heavy atom. The molecule has 376 valence electrons. The number of pyridine rings is 1. The van der Waals surface area contributed by atoms with Gasteiger partial charge in [-0.2, -0.15) is 5.10 Å². The lowest BCUT2D eigenvalue weighted by atomic mass is 9.84. The number of carboxylic acids is 1. The number of fused-ring (bicyclic) bond motifs is 3. The highest BCUT2D eigenvalue weighted by Crippen LogP contribution is 2.39. The molecule has 73 heavy (non-hydrogen) atoms. The highest BCUT2D eigenvalue weighted by Gasteiger charge is 2.34. The van der Waals surface area contributed by atoms with Crippen molar-refractivity contribution in [3.8, 4) is 16.9 Å². The summed E-state index contributed by atoms with van der Waals surface area (Å²) in [4.78, 5) is 67.7. The minimum atomic E-state index is -1.10. The molecule has 7 aromatic rings. The van der Waals surface area contributed by atoms with Crippen LogP contribution in [0.5, 0.6) is 5.75 Å². The Morgan fingerprint density at radius 3 is 2.51 bits per heavy atom. The maximum atomic E-state index is 13.7. The number of carboxylic acid groups (broad SMARTS) is 1. The average molecular weight is 1000 g/mol. The number of carbonyl (C=O) groups is 4. The summed E-state index contributed by atoms with van der Waals surface area (Å²) in [7, 11) is 1.95. The molecule has 16 heteroatoms. The van der Waals surface area contributed by atoms with Crippen molar-refractivity contribution in [2.24, 2.45) is 13.0 Å². The van der Waals surface area contributed by atoms with E-state index in [4.69, 9.17) is 14.8 Å². The summed E-state index contributed by atoms with van der Waals surface area (Å²) in [5, 5.41) is 22.4. The van der Waals surface area contributed by atoms with Crippen molar-refractivity contribution in [3.63, 3.8) is 0 Å². The molecule has 2 atom stereocenters. The Hall–Kier alpha value is -7.17. The molecule has 1 unspecified atom stereocenters. The number of aromatic carboxylic acids is 1. The van der Waals surface area contributed by atoms with Crippen molar-refractivity contribution in [1.82, 2.24) is 30.0 Å². The number of aryl methyl sites for hydroxylation is 1. The Kier molecular flexibility index (Phi) is 13.4. The Morgan fingerprint density at radius 2 is 1.70 bits per heavy atom. The van der Waals surface area contributed by atoms with Gasteiger partial charge in [-0.3, -0.25) is 34.6 Å². The molecule has 1 aliphatic carbocycles. The van der Waals surface area contributed by atoms with E-state index in [1.807, 2.05) is 102 Å². The van der Waals surface area contributed by atoms with E-state index in [9.17, 15) is 24.3 Å². The predicted molar refractivity (Wildman–Crippen MR) is 285 cm³/mol. The number of anilines is 3. The van der Waals surface area contributed by atoms with Gasteiger partial charge in [-0.15, -0.1) is 0 Å². The van der Waals surface area contributed by atoms with Crippen molar-refractivity contribution >= 4 is 72.8 Å². The van der Waals surface area contributed by atoms with E-state index >= 15 is 0 Å². The molecular formula is C57H61N9O6S. The topological polar surface area (TPSA) is 175 Å². The van der Waals surface area contributed by atoms with Crippen LogP contribution in [0.3, 0.4) is 0 Å². The molecule has 6 heterocycles. The summed E-state index contributed by atoms with van der Waals surface area (Å²) in [6.07, 6.45) is 8.14.